The number of nitrogens with zero attached hydrogens (tertiary/aromatic N) is 2. The molecule has 2 heterocycles. The molecule has 1 atom stereocenters. The predicted molar refractivity (Wildman–Crippen MR) is 81.2 cm³/mol. The SMILES string of the molecule is O=C(NCC(O)c1ccco1)c1nn(-c2ccccc2)cc1O. The van der Waals surface area contributed by atoms with Gasteiger partial charge in [0.15, 0.2) is 11.4 Å². The van der Waals surface area contributed by atoms with Crippen molar-refractivity contribution in [2.75, 3.05) is 6.54 Å². The third-order valence-corrected chi connectivity index (χ3v) is 3.26. The maximum atomic E-state index is 12.1. The number of carbonyl (C=O) groups is 1. The van der Waals surface area contributed by atoms with Gasteiger partial charge in [-0.3, -0.25) is 4.79 Å². The summed E-state index contributed by atoms with van der Waals surface area (Å²) >= 11 is 0. The van der Waals surface area contributed by atoms with E-state index in [1.54, 1.807) is 24.3 Å². The van der Waals surface area contributed by atoms with Crippen molar-refractivity contribution in [2.24, 2.45) is 0 Å². The Balaban J connectivity index is 1.69. The molecule has 0 spiro atoms. The molecular weight excluding hydrogens is 298 g/mol. The summed E-state index contributed by atoms with van der Waals surface area (Å²) in [4.78, 5) is 12.1. The van der Waals surface area contributed by atoms with Gasteiger partial charge in [-0.05, 0) is 24.3 Å². The molecule has 2 aromatic heterocycles. The zero-order valence-corrected chi connectivity index (χ0v) is 12.1. The molecule has 23 heavy (non-hydrogen) atoms. The molecular formula is C16H15N3O4. The smallest absolute Gasteiger partial charge is 0.275 e. The summed E-state index contributed by atoms with van der Waals surface area (Å²) in [6, 6.07) is 12.4. The number of nitrogens with one attached hydrogen (secondary N) is 1. The van der Waals surface area contributed by atoms with E-state index in [9.17, 15) is 15.0 Å². The monoisotopic (exact) mass is 313 g/mol. The highest BCUT2D eigenvalue weighted by Crippen LogP contribution is 2.18. The molecule has 0 saturated heterocycles. The van der Waals surface area contributed by atoms with Gasteiger partial charge in [-0.15, -0.1) is 0 Å². The average molecular weight is 313 g/mol. The highest BCUT2D eigenvalue weighted by Gasteiger charge is 2.19. The minimum absolute atomic E-state index is 0.0516. The van der Waals surface area contributed by atoms with Crippen molar-refractivity contribution in [2.45, 2.75) is 6.10 Å². The predicted octanol–water partition coefficient (Wildman–Crippen LogP) is 1.63. The third kappa shape index (κ3) is 3.24. The van der Waals surface area contributed by atoms with Crippen molar-refractivity contribution in [3.63, 3.8) is 0 Å². The van der Waals surface area contributed by atoms with Crippen LogP contribution in [0.2, 0.25) is 0 Å². The second kappa shape index (κ2) is 6.37. The normalized spacial score (nSPS) is 12.0. The van der Waals surface area contributed by atoms with Crippen molar-refractivity contribution in [3.05, 3.63) is 66.4 Å². The highest BCUT2D eigenvalue weighted by molar-refractivity contribution is 5.94. The van der Waals surface area contributed by atoms with Crippen LogP contribution in [0.5, 0.6) is 5.75 Å². The Morgan fingerprint density at radius 3 is 2.74 bits per heavy atom. The number of para-hydroxylation sites is 1. The van der Waals surface area contributed by atoms with Crippen LogP contribution in [-0.4, -0.2) is 32.4 Å². The van der Waals surface area contributed by atoms with Gasteiger partial charge in [0.1, 0.15) is 11.9 Å². The van der Waals surface area contributed by atoms with Crippen molar-refractivity contribution < 1.29 is 19.4 Å². The van der Waals surface area contributed by atoms with Crippen LogP contribution in [0.3, 0.4) is 0 Å². The van der Waals surface area contributed by atoms with Crippen LogP contribution in [-0.2, 0) is 0 Å². The first kappa shape index (κ1) is 14.9. The summed E-state index contributed by atoms with van der Waals surface area (Å²) in [5, 5.41) is 26.3. The Bertz CT molecular complexity index is 781. The van der Waals surface area contributed by atoms with E-state index in [1.165, 1.54) is 17.1 Å². The molecule has 0 fully saturated rings. The third-order valence-electron chi connectivity index (χ3n) is 3.26. The van der Waals surface area contributed by atoms with Crippen LogP contribution in [0.25, 0.3) is 5.69 Å². The van der Waals surface area contributed by atoms with Crippen LogP contribution in [0.1, 0.15) is 22.4 Å². The van der Waals surface area contributed by atoms with Crippen LogP contribution < -0.4 is 5.32 Å². The molecule has 3 N–H and O–H groups in total. The fourth-order valence-corrected chi connectivity index (χ4v) is 2.09. The van der Waals surface area contributed by atoms with Gasteiger partial charge in [0.25, 0.3) is 5.91 Å². The highest BCUT2D eigenvalue weighted by atomic mass is 16.4. The lowest BCUT2D eigenvalue weighted by Crippen LogP contribution is -2.28. The number of benzene rings is 1. The van der Waals surface area contributed by atoms with E-state index < -0.39 is 12.0 Å². The Morgan fingerprint density at radius 1 is 1.26 bits per heavy atom. The van der Waals surface area contributed by atoms with E-state index >= 15 is 0 Å². The summed E-state index contributed by atoms with van der Waals surface area (Å²) < 4.78 is 6.46. The molecule has 0 aliphatic carbocycles. The topological polar surface area (TPSA) is 101 Å². The molecule has 0 bridgehead atoms. The number of furan rings is 1. The van der Waals surface area contributed by atoms with E-state index in [1.807, 2.05) is 18.2 Å². The van der Waals surface area contributed by atoms with Gasteiger partial charge in [0, 0.05) is 0 Å². The Labute approximate surface area is 131 Å². The first-order chi connectivity index (χ1) is 11.1. The quantitative estimate of drug-likeness (QED) is 0.665. The Morgan fingerprint density at radius 2 is 2.04 bits per heavy atom. The molecule has 0 aliphatic rings. The molecule has 0 radical (unpaired) electrons. The zero-order valence-electron chi connectivity index (χ0n) is 12.1. The van der Waals surface area contributed by atoms with E-state index in [-0.39, 0.29) is 18.0 Å². The van der Waals surface area contributed by atoms with Gasteiger partial charge in [-0.2, -0.15) is 5.10 Å². The molecule has 1 unspecified atom stereocenters. The van der Waals surface area contributed by atoms with Gasteiger partial charge in [0.05, 0.1) is 24.7 Å². The number of aliphatic hydroxyl groups is 1. The number of hydrogen-bond donors (Lipinski definition) is 3. The molecule has 1 amide bonds. The van der Waals surface area contributed by atoms with Crippen LogP contribution in [0.4, 0.5) is 0 Å². The summed E-state index contributed by atoms with van der Waals surface area (Å²) in [6.07, 6.45) is 1.83. The lowest BCUT2D eigenvalue weighted by atomic mass is 10.2. The van der Waals surface area contributed by atoms with E-state index in [0.29, 0.717) is 5.76 Å². The second-order valence-corrected chi connectivity index (χ2v) is 4.88. The molecule has 1 aromatic carbocycles. The summed E-state index contributed by atoms with van der Waals surface area (Å²) in [7, 11) is 0. The molecule has 3 aromatic rings. The van der Waals surface area contributed by atoms with Crippen molar-refractivity contribution in [1.29, 1.82) is 0 Å². The second-order valence-electron chi connectivity index (χ2n) is 4.88. The minimum atomic E-state index is -0.965. The summed E-state index contributed by atoms with van der Waals surface area (Å²) in [6.45, 7) is -0.0516. The largest absolute Gasteiger partial charge is 0.504 e. The fraction of sp³-hybridized carbons (Fsp3) is 0.125. The lowest BCUT2D eigenvalue weighted by Gasteiger charge is -2.08. The average Bonchev–Trinajstić information content (AvgIpc) is 3.23. The Kier molecular flexibility index (Phi) is 4.11. The van der Waals surface area contributed by atoms with Gasteiger partial charge in [-0.25, -0.2) is 4.68 Å². The van der Waals surface area contributed by atoms with Crippen molar-refractivity contribution in [3.8, 4) is 11.4 Å². The standard InChI is InChI=1S/C16H15N3O4/c20-12(14-7-4-8-23-14)9-17-16(22)15-13(21)10-19(18-15)11-5-2-1-3-6-11/h1-8,10,12,20-21H,9H2,(H,17,22). The lowest BCUT2D eigenvalue weighted by molar-refractivity contribution is 0.0893. The number of carbonyl (C=O) groups excluding carboxylic acids is 1. The number of aromatic hydroxyl groups is 1. The Hall–Kier alpha value is -3.06. The first-order valence-corrected chi connectivity index (χ1v) is 6.99. The number of hydrogen-bond acceptors (Lipinski definition) is 5. The zero-order chi connectivity index (χ0) is 16.2. The molecule has 0 saturated carbocycles. The molecule has 3 rings (SSSR count). The molecule has 7 heteroatoms. The van der Waals surface area contributed by atoms with Gasteiger partial charge >= 0.3 is 0 Å². The van der Waals surface area contributed by atoms with Gasteiger partial charge in [-0.1, -0.05) is 18.2 Å². The van der Waals surface area contributed by atoms with Crippen LogP contribution in [0, 0.1) is 0 Å². The molecule has 118 valence electrons. The molecule has 0 aliphatic heterocycles. The maximum Gasteiger partial charge on any atom is 0.275 e. The summed E-state index contributed by atoms with van der Waals surface area (Å²) in [5.74, 6) is -0.467. The number of aromatic nitrogens is 2. The van der Waals surface area contributed by atoms with E-state index in [4.69, 9.17) is 4.42 Å². The first-order valence-electron chi connectivity index (χ1n) is 6.99. The summed E-state index contributed by atoms with van der Waals surface area (Å²) in [5.41, 5.74) is 0.609. The van der Waals surface area contributed by atoms with Crippen molar-refractivity contribution in [1.82, 2.24) is 15.1 Å². The number of rotatable bonds is 5. The van der Waals surface area contributed by atoms with E-state index in [2.05, 4.69) is 10.4 Å². The minimum Gasteiger partial charge on any atom is -0.504 e. The van der Waals surface area contributed by atoms with Gasteiger partial charge < -0.3 is 19.9 Å². The van der Waals surface area contributed by atoms with Crippen LogP contribution >= 0.6 is 0 Å². The number of aliphatic hydroxyl groups excluding tert-OH is 1. The van der Waals surface area contributed by atoms with Gasteiger partial charge in [0.2, 0.25) is 0 Å². The fourth-order valence-electron chi connectivity index (χ4n) is 2.09. The van der Waals surface area contributed by atoms with Crippen molar-refractivity contribution >= 4 is 5.91 Å². The molecule has 7 nitrogen and oxygen atoms in total. The van der Waals surface area contributed by atoms with Crippen LogP contribution in [0.15, 0.2) is 59.3 Å². The maximum absolute atomic E-state index is 12.1. The van der Waals surface area contributed by atoms with E-state index in [0.717, 1.165) is 5.69 Å². The number of amides is 1.